The Kier molecular flexibility index (Phi) is 3.60. The van der Waals surface area contributed by atoms with Gasteiger partial charge in [-0.15, -0.1) is 0 Å². The maximum absolute atomic E-state index is 12.5. The summed E-state index contributed by atoms with van der Waals surface area (Å²) in [7, 11) is 0. The second-order valence-corrected chi connectivity index (χ2v) is 6.14. The van der Waals surface area contributed by atoms with Gasteiger partial charge < -0.3 is 5.32 Å². The molecule has 2 aliphatic carbocycles. The summed E-state index contributed by atoms with van der Waals surface area (Å²) in [5.41, 5.74) is 1.94. The van der Waals surface area contributed by atoms with Gasteiger partial charge in [-0.05, 0) is 37.2 Å². The molecule has 1 N–H and O–H groups in total. The maximum Gasteiger partial charge on any atom is 0.223 e. The Bertz CT molecular complexity index is 534. The fourth-order valence-corrected chi connectivity index (χ4v) is 3.01. The third-order valence-corrected chi connectivity index (χ3v) is 4.62. The number of ketones is 1. The number of rotatable bonds is 4. The predicted molar refractivity (Wildman–Crippen MR) is 77.5 cm³/mol. The fourth-order valence-electron chi connectivity index (χ4n) is 3.01. The Labute approximate surface area is 119 Å². The summed E-state index contributed by atoms with van der Waals surface area (Å²) in [6.45, 7) is 2.67. The average Bonchev–Trinajstić information content (AvgIpc) is 3.29. The zero-order chi connectivity index (χ0) is 14.1. The van der Waals surface area contributed by atoms with Crippen molar-refractivity contribution in [3.8, 4) is 0 Å². The highest BCUT2D eigenvalue weighted by atomic mass is 16.2. The highest BCUT2D eigenvalue weighted by molar-refractivity contribution is 6.02. The normalized spacial score (nSPS) is 23.1. The summed E-state index contributed by atoms with van der Waals surface area (Å²) < 4.78 is 0. The monoisotopic (exact) mass is 271 g/mol. The molecule has 2 atom stereocenters. The van der Waals surface area contributed by atoms with Crippen LogP contribution >= 0.6 is 0 Å². The molecule has 1 saturated carbocycles. The van der Waals surface area contributed by atoms with Gasteiger partial charge in [0.25, 0.3) is 0 Å². The van der Waals surface area contributed by atoms with E-state index in [1.807, 2.05) is 31.2 Å². The van der Waals surface area contributed by atoms with Gasteiger partial charge in [0, 0.05) is 23.9 Å². The number of Topliss-reactive ketones (excluding diaryl/α,β-unsaturated/α-hetero) is 1. The second kappa shape index (κ2) is 5.39. The lowest BCUT2D eigenvalue weighted by Crippen LogP contribution is -2.39. The van der Waals surface area contributed by atoms with Crippen LogP contribution in [0.3, 0.4) is 0 Å². The summed E-state index contributed by atoms with van der Waals surface area (Å²) in [4.78, 5) is 24.7. The van der Waals surface area contributed by atoms with Crippen LogP contribution in [0.2, 0.25) is 0 Å². The molecular weight excluding hydrogens is 250 g/mol. The van der Waals surface area contributed by atoms with E-state index in [-0.39, 0.29) is 23.5 Å². The predicted octanol–water partition coefficient (Wildman–Crippen LogP) is 2.59. The fraction of sp³-hybridized carbons (Fsp3) is 0.529. The molecule has 2 unspecified atom stereocenters. The van der Waals surface area contributed by atoms with Crippen LogP contribution in [-0.2, 0) is 11.2 Å². The number of fused-ring (bicyclic) bond motifs is 1. The molecule has 0 aliphatic heterocycles. The van der Waals surface area contributed by atoms with Gasteiger partial charge in [-0.2, -0.15) is 0 Å². The standard InChI is InChI=1S/C17H21NO2/c1-11(17(20)18-10-12-6-7-12)14-9-8-13-4-2-3-5-15(13)16(14)19/h2-5,11-12,14H,6-10H2,1H3,(H,18,20). The van der Waals surface area contributed by atoms with Gasteiger partial charge in [0.1, 0.15) is 0 Å². The Morgan fingerprint density at radius 1 is 1.30 bits per heavy atom. The molecule has 2 aliphatic rings. The number of hydrogen-bond donors (Lipinski definition) is 1. The molecule has 3 rings (SSSR count). The van der Waals surface area contributed by atoms with Crippen molar-refractivity contribution < 1.29 is 9.59 Å². The van der Waals surface area contributed by atoms with Crippen molar-refractivity contribution in [1.82, 2.24) is 5.32 Å². The van der Waals surface area contributed by atoms with Crippen molar-refractivity contribution in [2.75, 3.05) is 6.54 Å². The average molecular weight is 271 g/mol. The third kappa shape index (κ3) is 2.62. The highest BCUT2D eigenvalue weighted by Gasteiger charge is 2.34. The van der Waals surface area contributed by atoms with Crippen molar-refractivity contribution in [1.29, 1.82) is 0 Å². The van der Waals surface area contributed by atoms with E-state index in [0.717, 1.165) is 30.5 Å². The number of amides is 1. The van der Waals surface area contributed by atoms with Crippen LogP contribution in [0.4, 0.5) is 0 Å². The SMILES string of the molecule is CC(C(=O)NCC1CC1)C1CCc2ccccc2C1=O. The van der Waals surface area contributed by atoms with Gasteiger partial charge in [-0.1, -0.05) is 31.2 Å². The molecule has 1 aromatic carbocycles. The van der Waals surface area contributed by atoms with E-state index < -0.39 is 0 Å². The van der Waals surface area contributed by atoms with E-state index in [4.69, 9.17) is 0 Å². The quantitative estimate of drug-likeness (QED) is 0.915. The molecule has 1 aromatic rings. The van der Waals surface area contributed by atoms with Gasteiger partial charge in [0.2, 0.25) is 5.91 Å². The number of benzene rings is 1. The first kappa shape index (κ1) is 13.3. The topological polar surface area (TPSA) is 46.2 Å². The van der Waals surface area contributed by atoms with Crippen LogP contribution in [0, 0.1) is 17.8 Å². The Morgan fingerprint density at radius 2 is 2.05 bits per heavy atom. The largest absolute Gasteiger partial charge is 0.356 e. The van der Waals surface area contributed by atoms with Gasteiger partial charge in [0.05, 0.1) is 0 Å². The lowest BCUT2D eigenvalue weighted by atomic mass is 9.76. The minimum atomic E-state index is -0.227. The molecule has 3 heteroatoms. The summed E-state index contributed by atoms with van der Waals surface area (Å²) in [6.07, 6.45) is 4.13. The van der Waals surface area contributed by atoms with E-state index in [1.54, 1.807) is 0 Å². The summed E-state index contributed by atoms with van der Waals surface area (Å²) in [6, 6.07) is 7.77. The van der Waals surface area contributed by atoms with Crippen molar-refractivity contribution in [3.05, 3.63) is 35.4 Å². The Balaban J connectivity index is 1.67. The number of aryl methyl sites for hydroxylation is 1. The van der Waals surface area contributed by atoms with E-state index in [2.05, 4.69) is 5.32 Å². The number of carbonyl (C=O) groups excluding carboxylic acids is 2. The van der Waals surface area contributed by atoms with Gasteiger partial charge >= 0.3 is 0 Å². The molecule has 0 heterocycles. The minimum Gasteiger partial charge on any atom is -0.356 e. The first-order valence-electron chi connectivity index (χ1n) is 7.56. The van der Waals surface area contributed by atoms with E-state index in [0.29, 0.717) is 5.92 Å². The number of carbonyl (C=O) groups is 2. The number of nitrogens with one attached hydrogen (secondary N) is 1. The molecule has 1 amide bonds. The molecular formula is C17H21NO2. The zero-order valence-electron chi connectivity index (χ0n) is 11.9. The van der Waals surface area contributed by atoms with Crippen molar-refractivity contribution in [3.63, 3.8) is 0 Å². The van der Waals surface area contributed by atoms with E-state index in [1.165, 1.54) is 12.8 Å². The molecule has 3 nitrogen and oxygen atoms in total. The van der Waals surface area contributed by atoms with E-state index in [9.17, 15) is 9.59 Å². The molecule has 0 aromatic heterocycles. The number of hydrogen-bond acceptors (Lipinski definition) is 2. The minimum absolute atomic E-state index is 0.0367. The molecule has 0 radical (unpaired) electrons. The Morgan fingerprint density at radius 3 is 2.80 bits per heavy atom. The van der Waals surface area contributed by atoms with Crippen LogP contribution in [0.25, 0.3) is 0 Å². The molecule has 106 valence electrons. The third-order valence-electron chi connectivity index (χ3n) is 4.62. The van der Waals surface area contributed by atoms with Gasteiger partial charge in [0.15, 0.2) is 5.78 Å². The van der Waals surface area contributed by atoms with Gasteiger partial charge in [-0.25, -0.2) is 0 Å². The summed E-state index contributed by atoms with van der Waals surface area (Å²) >= 11 is 0. The second-order valence-electron chi connectivity index (χ2n) is 6.14. The lowest BCUT2D eigenvalue weighted by Gasteiger charge is -2.27. The van der Waals surface area contributed by atoms with Crippen LogP contribution < -0.4 is 5.32 Å². The molecule has 0 saturated heterocycles. The Hall–Kier alpha value is -1.64. The first-order valence-corrected chi connectivity index (χ1v) is 7.56. The van der Waals surface area contributed by atoms with Gasteiger partial charge in [-0.3, -0.25) is 9.59 Å². The van der Waals surface area contributed by atoms with Crippen molar-refractivity contribution in [2.24, 2.45) is 17.8 Å². The van der Waals surface area contributed by atoms with E-state index >= 15 is 0 Å². The summed E-state index contributed by atoms with van der Waals surface area (Å²) in [5.74, 6) is 0.461. The molecule has 0 spiro atoms. The van der Waals surface area contributed by atoms with Crippen LogP contribution in [-0.4, -0.2) is 18.2 Å². The lowest BCUT2D eigenvalue weighted by molar-refractivity contribution is -0.125. The molecule has 20 heavy (non-hydrogen) atoms. The molecule has 1 fully saturated rings. The van der Waals surface area contributed by atoms with Crippen molar-refractivity contribution in [2.45, 2.75) is 32.6 Å². The maximum atomic E-state index is 12.5. The molecule has 0 bridgehead atoms. The first-order chi connectivity index (χ1) is 9.66. The smallest absolute Gasteiger partial charge is 0.223 e. The summed E-state index contributed by atoms with van der Waals surface area (Å²) in [5, 5.41) is 3.00. The highest BCUT2D eigenvalue weighted by Crippen LogP contribution is 2.31. The van der Waals surface area contributed by atoms with Crippen LogP contribution in [0.5, 0.6) is 0 Å². The zero-order valence-corrected chi connectivity index (χ0v) is 11.9. The van der Waals surface area contributed by atoms with Crippen LogP contribution in [0.1, 0.15) is 42.1 Å². The van der Waals surface area contributed by atoms with Crippen LogP contribution in [0.15, 0.2) is 24.3 Å². The van der Waals surface area contributed by atoms with Crippen molar-refractivity contribution >= 4 is 11.7 Å².